The Bertz CT molecular complexity index is 363. The van der Waals surface area contributed by atoms with Gasteiger partial charge in [0.15, 0.2) is 0 Å². The molecule has 0 fully saturated rings. The van der Waals surface area contributed by atoms with Crippen molar-refractivity contribution < 1.29 is 9.90 Å². The van der Waals surface area contributed by atoms with Crippen molar-refractivity contribution >= 4 is 11.7 Å². The fraction of sp³-hybridized carbons (Fsp3) is 0.273. The van der Waals surface area contributed by atoms with E-state index in [0.29, 0.717) is 12.2 Å². The van der Waals surface area contributed by atoms with E-state index in [-0.39, 0.29) is 5.56 Å². The topological polar surface area (TPSA) is 53.4 Å². The normalized spacial score (nSPS) is 9.67. The van der Waals surface area contributed by atoms with E-state index < -0.39 is 5.97 Å². The van der Waals surface area contributed by atoms with Crippen molar-refractivity contribution in [3.63, 3.8) is 0 Å². The van der Waals surface area contributed by atoms with Crippen LogP contribution in [0, 0.1) is 0 Å². The molecule has 0 aliphatic rings. The van der Waals surface area contributed by atoms with Gasteiger partial charge in [-0.05, 0) is 13.0 Å². The molecule has 0 atom stereocenters. The number of nitrogens with zero attached hydrogens (tertiary/aromatic N) is 2. The van der Waals surface area contributed by atoms with Gasteiger partial charge in [0.25, 0.3) is 0 Å². The van der Waals surface area contributed by atoms with E-state index in [1.54, 1.807) is 18.3 Å². The van der Waals surface area contributed by atoms with Crippen molar-refractivity contribution in [2.45, 2.75) is 6.92 Å². The Morgan fingerprint density at radius 3 is 3.00 bits per heavy atom. The van der Waals surface area contributed by atoms with Crippen LogP contribution in [0.3, 0.4) is 0 Å². The lowest BCUT2D eigenvalue weighted by molar-refractivity contribution is 0.0697. The van der Waals surface area contributed by atoms with Gasteiger partial charge < -0.3 is 10.0 Å². The largest absolute Gasteiger partial charge is 0.478 e. The van der Waals surface area contributed by atoms with Gasteiger partial charge in [-0.15, -0.1) is 6.58 Å². The van der Waals surface area contributed by atoms with E-state index in [1.165, 1.54) is 6.20 Å². The number of anilines is 1. The highest BCUT2D eigenvalue weighted by molar-refractivity contribution is 5.94. The summed E-state index contributed by atoms with van der Waals surface area (Å²) in [6.07, 6.45) is 4.70. The fourth-order valence-corrected chi connectivity index (χ4v) is 1.38. The summed E-state index contributed by atoms with van der Waals surface area (Å²) in [7, 11) is 0. The average molecular weight is 206 g/mol. The Morgan fingerprint density at radius 1 is 1.73 bits per heavy atom. The molecule has 0 unspecified atom stereocenters. The number of hydrogen-bond donors (Lipinski definition) is 1. The Morgan fingerprint density at radius 2 is 2.47 bits per heavy atom. The Hall–Kier alpha value is -1.84. The third-order valence-electron chi connectivity index (χ3n) is 2.10. The van der Waals surface area contributed by atoms with Crippen LogP contribution in [0.2, 0.25) is 0 Å². The van der Waals surface area contributed by atoms with Crippen molar-refractivity contribution in [2.24, 2.45) is 0 Å². The number of carbonyl (C=O) groups is 1. The fourth-order valence-electron chi connectivity index (χ4n) is 1.38. The summed E-state index contributed by atoms with van der Waals surface area (Å²) in [5.74, 6) is -0.958. The maximum atomic E-state index is 11.0. The quantitative estimate of drug-likeness (QED) is 0.746. The minimum atomic E-state index is -0.958. The highest BCUT2D eigenvalue weighted by atomic mass is 16.4. The predicted molar refractivity (Wildman–Crippen MR) is 59.3 cm³/mol. The average Bonchev–Trinajstić information content (AvgIpc) is 2.26. The van der Waals surface area contributed by atoms with E-state index in [4.69, 9.17) is 5.11 Å². The minimum absolute atomic E-state index is 0.223. The highest BCUT2D eigenvalue weighted by Gasteiger charge is 2.13. The van der Waals surface area contributed by atoms with E-state index in [0.717, 1.165) is 6.54 Å². The summed E-state index contributed by atoms with van der Waals surface area (Å²) in [5.41, 5.74) is 0.904. The summed E-state index contributed by atoms with van der Waals surface area (Å²) >= 11 is 0. The minimum Gasteiger partial charge on any atom is -0.478 e. The van der Waals surface area contributed by atoms with E-state index >= 15 is 0 Å². The summed E-state index contributed by atoms with van der Waals surface area (Å²) in [4.78, 5) is 16.7. The van der Waals surface area contributed by atoms with Crippen molar-refractivity contribution in [3.8, 4) is 0 Å². The highest BCUT2D eigenvalue weighted by Crippen LogP contribution is 2.18. The summed E-state index contributed by atoms with van der Waals surface area (Å²) in [5, 5.41) is 8.99. The second kappa shape index (κ2) is 5.14. The Balaban J connectivity index is 3.09. The predicted octanol–water partition coefficient (Wildman–Crippen LogP) is 1.79. The van der Waals surface area contributed by atoms with Crippen LogP contribution in [-0.4, -0.2) is 29.1 Å². The number of carboxylic acid groups (broad SMARTS) is 1. The van der Waals surface area contributed by atoms with Gasteiger partial charge in [-0.25, -0.2) is 4.79 Å². The number of pyridine rings is 1. The van der Waals surface area contributed by atoms with E-state index in [9.17, 15) is 4.79 Å². The Kier molecular flexibility index (Phi) is 3.85. The molecular formula is C11H14N2O2. The molecule has 0 spiro atoms. The molecule has 0 bridgehead atoms. The molecule has 0 saturated heterocycles. The zero-order valence-corrected chi connectivity index (χ0v) is 8.68. The zero-order valence-electron chi connectivity index (χ0n) is 8.68. The molecule has 0 aliphatic carbocycles. The van der Waals surface area contributed by atoms with E-state index in [2.05, 4.69) is 11.6 Å². The molecule has 0 aromatic carbocycles. The van der Waals surface area contributed by atoms with Crippen LogP contribution in [-0.2, 0) is 0 Å². The second-order valence-electron chi connectivity index (χ2n) is 3.03. The maximum Gasteiger partial charge on any atom is 0.339 e. The molecule has 0 radical (unpaired) electrons. The number of aromatic nitrogens is 1. The zero-order chi connectivity index (χ0) is 11.3. The standard InChI is InChI=1S/C11H14N2O2/c1-3-7-13(4-2)10-5-6-12-8-9(10)11(14)15/h3,5-6,8H,1,4,7H2,2H3,(H,14,15). The SMILES string of the molecule is C=CCN(CC)c1ccncc1C(=O)O. The van der Waals surface area contributed by atoms with Crippen molar-refractivity contribution in [2.75, 3.05) is 18.0 Å². The van der Waals surface area contributed by atoms with Gasteiger partial charge in [0.1, 0.15) is 5.56 Å². The number of hydrogen-bond acceptors (Lipinski definition) is 3. The molecule has 1 aromatic rings. The van der Waals surface area contributed by atoms with Crippen molar-refractivity contribution in [3.05, 3.63) is 36.7 Å². The lowest BCUT2D eigenvalue weighted by Gasteiger charge is -2.22. The molecule has 4 nitrogen and oxygen atoms in total. The van der Waals surface area contributed by atoms with Crippen LogP contribution in [0.4, 0.5) is 5.69 Å². The van der Waals surface area contributed by atoms with Crippen molar-refractivity contribution in [1.82, 2.24) is 4.98 Å². The molecule has 0 aliphatic heterocycles. The van der Waals surface area contributed by atoms with Crippen LogP contribution in [0.1, 0.15) is 17.3 Å². The van der Waals surface area contributed by atoms with Gasteiger partial charge in [-0.1, -0.05) is 6.08 Å². The molecule has 1 aromatic heterocycles. The molecule has 1 heterocycles. The molecule has 1 N–H and O–H groups in total. The molecule has 0 amide bonds. The van der Waals surface area contributed by atoms with Crippen LogP contribution >= 0.6 is 0 Å². The van der Waals surface area contributed by atoms with Crippen LogP contribution in [0.25, 0.3) is 0 Å². The summed E-state index contributed by atoms with van der Waals surface area (Å²) in [6, 6.07) is 1.70. The van der Waals surface area contributed by atoms with Gasteiger partial charge >= 0.3 is 5.97 Å². The first kappa shape index (κ1) is 11.2. The number of aromatic carboxylic acids is 1. The van der Waals surface area contributed by atoms with Crippen molar-refractivity contribution in [1.29, 1.82) is 0 Å². The molecule has 0 saturated carbocycles. The number of carboxylic acids is 1. The van der Waals surface area contributed by atoms with Gasteiger partial charge in [0.05, 0.1) is 5.69 Å². The maximum absolute atomic E-state index is 11.0. The van der Waals surface area contributed by atoms with Gasteiger partial charge in [-0.3, -0.25) is 4.98 Å². The third kappa shape index (κ3) is 2.56. The number of rotatable bonds is 5. The molecular weight excluding hydrogens is 192 g/mol. The molecule has 4 heteroatoms. The third-order valence-corrected chi connectivity index (χ3v) is 2.10. The van der Waals surface area contributed by atoms with Gasteiger partial charge in [0.2, 0.25) is 0 Å². The molecule has 80 valence electrons. The van der Waals surface area contributed by atoms with E-state index in [1.807, 2.05) is 11.8 Å². The lowest BCUT2D eigenvalue weighted by Crippen LogP contribution is -2.24. The number of likely N-dealkylation sites (N-methyl/N-ethyl adjacent to an activating group) is 1. The molecule has 1 rings (SSSR count). The monoisotopic (exact) mass is 206 g/mol. The first-order chi connectivity index (χ1) is 7.20. The van der Waals surface area contributed by atoms with Gasteiger partial charge in [-0.2, -0.15) is 0 Å². The molecule has 15 heavy (non-hydrogen) atoms. The smallest absolute Gasteiger partial charge is 0.339 e. The first-order valence-electron chi connectivity index (χ1n) is 4.73. The Labute approximate surface area is 88.9 Å². The lowest BCUT2D eigenvalue weighted by atomic mass is 10.2. The summed E-state index contributed by atoms with van der Waals surface area (Å²) < 4.78 is 0. The van der Waals surface area contributed by atoms with Crippen LogP contribution in [0.5, 0.6) is 0 Å². The first-order valence-corrected chi connectivity index (χ1v) is 4.73. The second-order valence-corrected chi connectivity index (χ2v) is 3.03. The summed E-state index contributed by atoms with van der Waals surface area (Å²) in [6.45, 7) is 6.97. The van der Waals surface area contributed by atoms with Crippen LogP contribution in [0.15, 0.2) is 31.1 Å². The van der Waals surface area contributed by atoms with Crippen LogP contribution < -0.4 is 4.90 Å². The van der Waals surface area contributed by atoms with Gasteiger partial charge in [0, 0.05) is 25.5 Å².